The zero-order chi connectivity index (χ0) is 17.8. The van der Waals surface area contributed by atoms with Crippen LogP contribution in [-0.4, -0.2) is 43.0 Å². The number of amides is 2. The summed E-state index contributed by atoms with van der Waals surface area (Å²) in [5.74, 6) is 0.413. The molecular formula is C20H28N2O3. The molecular weight excluding hydrogens is 316 g/mol. The van der Waals surface area contributed by atoms with Crippen LogP contribution in [-0.2, 0) is 14.3 Å². The van der Waals surface area contributed by atoms with E-state index in [1.54, 1.807) is 0 Å². The number of rotatable bonds is 3. The number of anilines is 1. The fourth-order valence-corrected chi connectivity index (χ4v) is 3.69. The minimum atomic E-state index is -0.0151. The number of nitrogens with one attached hydrogen (secondary N) is 1. The van der Waals surface area contributed by atoms with E-state index >= 15 is 0 Å². The lowest BCUT2D eigenvalue weighted by Gasteiger charge is -2.34. The van der Waals surface area contributed by atoms with Gasteiger partial charge in [-0.1, -0.05) is 12.1 Å². The second-order valence-electron chi connectivity index (χ2n) is 7.22. The maximum Gasteiger partial charge on any atom is 0.227 e. The van der Waals surface area contributed by atoms with Crippen molar-refractivity contribution in [2.75, 3.05) is 31.6 Å². The van der Waals surface area contributed by atoms with E-state index < -0.39 is 0 Å². The highest BCUT2D eigenvalue weighted by molar-refractivity contribution is 5.93. The van der Waals surface area contributed by atoms with Crippen LogP contribution >= 0.6 is 0 Å². The molecule has 0 aromatic heterocycles. The van der Waals surface area contributed by atoms with Crippen molar-refractivity contribution < 1.29 is 14.3 Å². The number of hydrogen-bond acceptors (Lipinski definition) is 3. The second-order valence-corrected chi connectivity index (χ2v) is 7.22. The van der Waals surface area contributed by atoms with Crippen molar-refractivity contribution in [3.8, 4) is 0 Å². The van der Waals surface area contributed by atoms with Crippen molar-refractivity contribution in [3.63, 3.8) is 0 Å². The Labute approximate surface area is 149 Å². The number of nitrogens with zero attached hydrogens (tertiary/aromatic N) is 1. The first-order valence-electron chi connectivity index (χ1n) is 9.30. The molecule has 25 heavy (non-hydrogen) atoms. The van der Waals surface area contributed by atoms with E-state index in [0.29, 0.717) is 26.3 Å². The Morgan fingerprint density at radius 2 is 1.72 bits per heavy atom. The van der Waals surface area contributed by atoms with Gasteiger partial charge in [0.25, 0.3) is 0 Å². The Morgan fingerprint density at radius 3 is 2.40 bits per heavy atom. The van der Waals surface area contributed by atoms with E-state index in [0.717, 1.165) is 36.9 Å². The summed E-state index contributed by atoms with van der Waals surface area (Å²) in [6.45, 7) is 6.81. The van der Waals surface area contributed by atoms with Gasteiger partial charge in [0.1, 0.15) is 0 Å². The molecule has 0 radical (unpaired) electrons. The molecule has 136 valence electrons. The number of ether oxygens (including phenoxy) is 1. The smallest absolute Gasteiger partial charge is 0.227 e. The van der Waals surface area contributed by atoms with Crippen LogP contribution in [0.5, 0.6) is 0 Å². The molecule has 1 N–H and O–H groups in total. The van der Waals surface area contributed by atoms with Gasteiger partial charge in [-0.2, -0.15) is 0 Å². The van der Waals surface area contributed by atoms with Gasteiger partial charge < -0.3 is 15.0 Å². The monoisotopic (exact) mass is 344 g/mol. The number of carbonyl (C=O) groups is 2. The molecule has 0 unspecified atom stereocenters. The van der Waals surface area contributed by atoms with Gasteiger partial charge in [0, 0.05) is 43.8 Å². The van der Waals surface area contributed by atoms with Crippen molar-refractivity contribution in [1.29, 1.82) is 0 Å². The van der Waals surface area contributed by atoms with E-state index in [4.69, 9.17) is 4.74 Å². The van der Waals surface area contributed by atoms with Gasteiger partial charge in [-0.3, -0.25) is 9.59 Å². The quantitative estimate of drug-likeness (QED) is 0.917. The molecule has 0 saturated carbocycles. The summed E-state index contributed by atoms with van der Waals surface area (Å²) in [4.78, 5) is 27.1. The van der Waals surface area contributed by atoms with Gasteiger partial charge in [0.15, 0.2) is 0 Å². The van der Waals surface area contributed by atoms with Crippen LogP contribution < -0.4 is 5.32 Å². The van der Waals surface area contributed by atoms with Crippen LogP contribution in [0.1, 0.15) is 36.8 Å². The molecule has 3 rings (SSSR count). The van der Waals surface area contributed by atoms with Crippen molar-refractivity contribution in [2.45, 2.75) is 39.5 Å². The molecule has 5 heteroatoms. The molecule has 2 heterocycles. The van der Waals surface area contributed by atoms with Crippen LogP contribution in [0.4, 0.5) is 5.69 Å². The molecule has 1 aromatic rings. The Hall–Kier alpha value is -1.88. The van der Waals surface area contributed by atoms with E-state index in [2.05, 4.69) is 5.32 Å². The number of carbonyl (C=O) groups excluding carboxylic acids is 2. The summed E-state index contributed by atoms with van der Waals surface area (Å²) < 4.78 is 5.34. The van der Waals surface area contributed by atoms with Crippen LogP contribution in [0.2, 0.25) is 0 Å². The molecule has 2 amide bonds. The maximum atomic E-state index is 12.6. The van der Waals surface area contributed by atoms with Gasteiger partial charge in [-0.25, -0.2) is 0 Å². The summed E-state index contributed by atoms with van der Waals surface area (Å²) in [6.07, 6.45) is 3.13. The van der Waals surface area contributed by atoms with Gasteiger partial charge in [-0.05, 0) is 56.7 Å². The molecule has 2 saturated heterocycles. The molecule has 1 aromatic carbocycles. The average Bonchev–Trinajstić information content (AvgIpc) is 2.65. The molecule has 0 bridgehead atoms. The molecule has 0 aliphatic carbocycles. The molecule has 2 aliphatic heterocycles. The van der Waals surface area contributed by atoms with Crippen molar-refractivity contribution in [2.24, 2.45) is 11.8 Å². The summed E-state index contributed by atoms with van der Waals surface area (Å²) >= 11 is 0. The van der Waals surface area contributed by atoms with Crippen LogP contribution in [0.25, 0.3) is 0 Å². The zero-order valence-electron chi connectivity index (χ0n) is 15.2. The Morgan fingerprint density at radius 1 is 1.04 bits per heavy atom. The summed E-state index contributed by atoms with van der Waals surface area (Å²) in [6, 6.07) is 5.96. The molecule has 5 nitrogen and oxygen atoms in total. The molecule has 0 atom stereocenters. The first-order valence-corrected chi connectivity index (χ1v) is 9.30. The third-order valence-electron chi connectivity index (χ3n) is 5.61. The third kappa shape index (κ3) is 4.21. The zero-order valence-corrected chi connectivity index (χ0v) is 15.2. The number of benzene rings is 1. The number of aryl methyl sites for hydroxylation is 1. The van der Waals surface area contributed by atoms with Crippen LogP contribution in [0, 0.1) is 25.7 Å². The fraction of sp³-hybridized carbons (Fsp3) is 0.600. The van der Waals surface area contributed by atoms with Crippen LogP contribution in [0.3, 0.4) is 0 Å². The van der Waals surface area contributed by atoms with Crippen molar-refractivity contribution >= 4 is 17.5 Å². The van der Waals surface area contributed by atoms with Gasteiger partial charge in [-0.15, -0.1) is 0 Å². The minimum Gasteiger partial charge on any atom is -0.381 e. The van der Waals surface area contributed by atoms with Gasteiger partial charge in [0.2, 0.25) is 11.8 Å². The van der Waals surface area contributed by atoms with Crippen molar-refractivity contribution in [1.82, 2.24) is 4.90 Å². The maximum absolute atomic E-state index is 12.6. The van der Waals surface area contributed by atoms with E-state index in [9.17, 15) is 9.59 Å². The lowest BCUT2D eigenvalue weighted by Crippen LogP contribution is -2.45. The Kier molecular flexibility index (Phi) is 5.74. The summed E-state index contributed by atoms with van der Waals surface area (Å²) in [7, 11) is 0. The molecule has 2 aliphatic rings. The standard InChI is InChI=1S/C20H28N2O3/c1-14-4-3-5-18(15(14)2)21-19(23)16-6-10-22(11-7-16)20(24)17-8-12-25-13-9-17/h3-5,16-17H,6-13H2,1-2H3,(H,21,23). The van der Waals surface area contributed by atoms with Gasteiger partial charge in [0.05, 0.1) is 0 Å². The largest absolute Gasteiger partial charge is 0.381 e. The summed E-state index contributed by atoms with van der Waals surface area (Å²) in [5, 5.41) is 3.07. The Balaban J connectivity index is 1.52. The predicted octanol–water partition coefficient (Wildman–Crippen LogP) is 2.91. The fourth-order valence-electron chi connectivity index (χ4n) is 3.69. The number of hydrogen-bond donors (Lipinski definition) is 1. The average molecular weight is 344 g/mol. The topological polar surface area (TPSA) is 58.6 Å². The lowest BCUT2D eigenvalue weighted by molar-refractivity contribution is -0.141. The minimum absolute atomic E-state index is 0.0151. The predicted molar refractivity (Wildman–Crippen MR) is 97.4 cm³/mol. The second kappa shape index (κ2) is 8.00. The number of likely N-dealkylation sites (tertiary alicyclic amines) is 1. The van der Waals surface area contributed by atoms with E-state index in [1.807, 2.05) is 36.9 Å². The van der Waals surface area contributed by atoms with E-state index in [1.165, 1.54) is 5.56 Å². The van der Waals surface area contributed by atoms with Crippen molar-refractivity contribution in [3.05, 3.63) is 29.3 Å². The first kappa shape index (κ1) is 17.9. The number of piperidine rings is 1. The molecule has 2 fully saturated rings. The van der Waals surface area contributed by atoms with Gasteiger partial charge >= 0.3 is 0 Å². The van der Waals surface area contributed by atoms with Crippen LogP contribution in [0.15, 0.2) is 18.2 Å². The Bertz CT molecular complexity index is 630. The normalized spacial score (nSPS) is 19.7. The highest BCUT2D eigenvalue weighted by Gasteiger charge is 2.31. The highest BCUT2D eigenvalue weighted by Crippen LogP contribution is 2.25. The highest BCUT2D eigenvalue weighted by atomic mass is 16.5. The summed E-state index contributed by atoms with van der Waals surface area (Å²) in [5.41, 5.74) is 3.18. The third-order valence-corrected chi connectivity index (χ3v) is 5.61. The first-order chi connectivity index (χ1) is 12.1. The molecule has 0 spiro atoms. The SMILES string of the molecule is Cc1cccc(NC(=O)C2CCN(C(=O)C3CCOCC3)CC2)c1C. The van der Waals surface area contributed by atoms with E-state index in [-0.39, 0.29) is 23.7 Å². The lowest BCUT2D eigenvalue weighted by atomic mass is 9.92.